The normalized spacial score (nSPS) is 15.9. The molecule has 1 fully saturated rings. The molecule has 0 unspecified atom stereocenters. The fourth-order valence-corrected chi connectivity index (χ4v) is 1.68. The Morgan fingerprint density at radius 3 is 2.81 bits per heavy atom. The first kappa shape index (κ1) is 10.8. The molecule has 2 N–H and O–H groups in total. The third-order valence-corrected chi connectivity index (χ3v) is 2.41. The quantitative estimate of drug-likeness (QED) is 0.810. The highest BCUT2D eigenvalue weighted by atomic mass is 16.5. The lowest BCUT2D eigenvalue weighted by atomic mass is 10.2. The van der Waals surface area contributed by atoms with Crippen molar-refractivity contribution < 1.29 is 14.3 Å². The molecule has 1 aliphatic rings. The summed E-state index contributed by atoms with van der Waals surface area (Å²) < 4.78 is 10.1. The molecule has 2 rings (SSSR count). The van der Waals surface area contributed by atoms with Gasteiger partial charge < -0.3 is 20.1 Å². The van der Waals surface area contributed by atoms with Gasteiger partial charge in [-0.15, -0.1) is 0 Å². The van der Waals surface area contributed by atoms with Crippen LogP contribution in [0.2, 0.25) is 0 Å². The topological polar surface area (TPSA) is 64.8 Å². The maximum absolute atomic E-state index is 10.6. The standard InChI is InChI=1S/C11H14N2O3/c12-11(14)16-10-3-1-2-9(8-10)13-4-6-15-7-5-13/h1-3,8H,4-7H2,(H2,12,14). The molecule has 5 nitrogen and oxygen atoms in total. The van der Waals surface area contributed by atoms with Crippen LogP contribution in [0.1, 0.15) is 0 Å². The van der Waals surface area contributed by atoms with E-state index in [1.54, 1.807) is 12.1 Å². The SMILES string of the molecule is NC(=O)Oc1cccc(N2CCOCC2)c1. The van der Waals surface area contributed by atoms with Crippen LogP contribution in [-0.2, 0) is 4.74 Å². The maximum atomic E-state index is 10.6. The second-order valence-electron chi connectivity index (χ2n) is 3.52. The number of morpholine rings is 1. The Bertz CT molecular complexity index is 375. The molecule has 16 heavy (non-hydrogen) atoms. The molecule has 1 amide bonds. The van der Waals surface area contributed by atoms with Gasteiger partial charge in [0.1, 0.15) is 5.75 Å². The van der Waals surface area contributed by atoms with E-state index in [4.69, 9.17) is 15.2 Å². The molecular formula is C11H14N2O3. The Hall–Kier alpha value is -1.75. The van der Waals surface area contributed by atoms with Crippen LogP contribution in [0.3, 0.4) is 0 Å². The predicted molar refractivity (Wildman–Crippen MR) is 59.7 cm³/mol. The molecule has 0 atom stereocenters. The number of amides is 1. The third-order valence-electron chi connectivity index (χ3n) is 2.41. The van der Waals surface area contributed by atoms with Crippen LogP contribution >= 0.6 is 0 Å². The van der Waals surface area contributed by atoms with E-state index in [-0.39, 0.29) is 0 Å². The highest BCUT2D eigenvalue weighted by Crippen LogP contribution is 2.21. The number of hydrogen-bond acceptors (Lipinski definition) is 4. The van der Waals surface area contributed by atoms with Crippen LogP contribution in [0.25, 0.3) is 0 Å². The van der Waals surface area contributed by atoms with Crippen molar-refractivity contribution in [3.63, 3.8) is 0 Å². The Morgan fingerprint density at radius 2 is 2.12 bits per heavy atom. The summed E-state index contributed by atoms with van der Waals surface area (Å²) in [5.74, 6) is 0.469. The number of nitrogens with zero attached hydrogens (tertiary/aromatic N) is 1. The van der Waals surface area contributed by atoms with Crippen LogP contribution in [0.5, 0.6) is 5.75 Å². The summed E-state index contributed by atoms with van der Waals surface area (Å²) in [5.41, 5.74) is 5.97. The van der Waals surface area contributed by atoms with Gasteiger partial charge in [-0.1, -0.05) is 6.07 Å². The van der Waals surface area contributed by atoms with Crippen molar-refractivity contribution in [1.82, 2.24) is 0 Å². The fraction of sp³-hybridized carbons (Fsp3) is 0.364. The lowest BCUT2D eigenvalue weighted by Gasteiger charge is -2.28. The van der Waals surface area contributed by atoms with Gasteiger partial charge in [-0.25, -0.2) is 4.79 Å². The molecule has 1 heterocycles. The number of rotatable bonds is 2. The monoisotopic (exact) mass is 222 g/mol. The molecular weight excluding hydrogens is 208 g/mol. The van der Waals surface area contributed by atoms with Crippen molar-refractivity contribution in [3.8, 4) is 5.75 Å². The van der Waals surface area contributed by atoms with E-state index in [1.165, 1.54) is 0 Å². The first-order valence-corrected chi connectivity index (χ1v) is 5.16. The molecule has 86 valence electrons. The summed E-state index contributed by atoms with van der Waals surface area (Å²) in [5, 5.41) is 0. The summed E-state index contributed by atoms with van der Waals surface area (Å²) in [6, 6.07) is 7.31. The van der Waals surface area contributed by atoms with Gasteiger partial charge in [-0.3, -0.25) is 0 Å². The molecule has 5 heteroatoms. The molecule has 0 spiro atoms. The van der Waals surface area contributed by atoms with Crippen LogP contribution < -0.4 is 15.4 Å². The van der Waals surface area contributed by atoms with Crippen molar-refractivity contribution in [2.75, 3.05) is 31.2 Å². The van der Waals surface area contributed by atoms with Gasteiger partial charge in [0.15, 0.2) is 0 Å². The number of hydrogen-bond donors (Lipinski definition) is 1. The zero-order valence-electron chi connectivity index (χ0n) is 8.89. The van der Waals surface area contributed by atoms with E-state index < -0.39 is 6.09 Å². The van der Waals surface area contributed by atoms with Gasteiger partial charge >= 0.3 is 6.09 Å². The maximum Gasteiger partial charge on any atom is 0.409 e. The van der Waals surface area contributed by atoms with Crippen molar-refractivity contribution in [2.24, 2.45) is 5.73 Å². The molecule has 1 saturated heterocycles. The lowest BCUT2D eigenvalue weighted by Crippen LogP contribution is -2.36. The molecule has 0 bridgehead atoms. The van der Waals surface area contributed by atoms with E-state index in [2.05, 4.69) is 4.90 Å². The van der Waals surface area contributed by atoms with Gasteiger partial charge in [-0.05, 0) is 12.1 Å². The molecule has 0 radical (unpaired) electrons. The van der Waals surface area contributed by atoms with E-state index in [0.717, 1.165) is 32.0 Å². The van der Waals surface area contributed by atoms with Crippen molar-refractivity contribution in [3.05, 3.63) is 24.3 Å². The molecule has 0 saturated carbocycles. The van der Waals surface area contributed by atoms with E-state index >= 15 is 0 Å². The van der Waals surface area contributed by atoms with Crippen molar-refractivity contribution >= 4 is 11.8 Å². The number of carbonyl (C=O) groups excluding carboxylic acids is 1. The smallest absolute Gasteiger partial charge is 0.409 e. The minimum atomic E-state index is -0.792. The zero-order valence-corrected chi connectivity index (χ0v) is 8.89. The number of nitrogens with two attached hydrogens (primary N) is 1. The predicted octanol–water partition coefficient (Wildman–Crippen LogP) is 0.981. The van der Waals surface area contributed by atoms with Crippen molar-refractivity contribution in [1.29, 1.82) is 0 Å². The fourth-order valence-electron chi connectivity index (χ4n) is 1.68. The number of benzene rings is 1. The van der Waals surface area contributed by atoms with Crippen LogP contribution in [-0.4, -0.2) is 32.4 Å². The lowest BCUT2D eigenvalue weighted by molar-refractivity contribution is 0.122. The number of primary amides is 1. The largest absolute Gasteiger partial charge is 0.410 e. The summed E-state index contributed by atoms with van der Waals surface area (Å²) in [6.07, 6.45) is -0.792. The highest BCUT2D eigenvalue weighted by molar-refractivity contribution is 5.68. The van der Waals surface area contributed by atoms with Gasteiger partial charge in [-0.2, -0.15) is 0 Å². The van der Waals surface area contributed by atoms with E-state index in [0.29, 0.717) is 5.75 Å². The van der Waals surface area contributed by atoms with Crippen LogP contribution in [0, 0.1) is 0 Å². The summed E-state index contributed by atoms with van der Waals surface area (Å²) in [4.78, 5) is 12.8. The molecule has 1 aromatic rings. The first-order chi connectivity index (χ1) is 7.75. The first-order valence-electron chi connectivity index (χ1n) is 5.16. The van der Waals surface area contributed by atoms with Gasteiger partial charge in [0.2, 0.25) is 0 Å². The van der Waals surface area contributed by atoms with Crippen molar-refractivity contribution in [2.45, 2.75) is 0 Å². The molecule has 1 aromatic carbocycles. The van der Waals surface area contributed by atoms with Gasteiger partial charge in [0.25, 0.3) is 0 Å². The Kier molecular flexibility index (Phi) is 3.26. The number of carbonyl (C=O) groups is 1. The minimum absolute atomic E-state index is 0.469. The molecule has 0 aromatic heterocycles. The Labute approximate surface area is 93.7 Å². The van der Waals surface area contributed by atoms with E-state index in [1.807, 2.05) is 12.1 Å². The average molecular weight is 222 g/mol. The number of ether oxygens (including phenoxy) is 2. The van der Waals surface area contributed by atoms with Crippen LogP contribution in [0.15, 0.2) is 24.3 Å². The summed E-state index contributed by atoms with van der Waals surface area (Å²) in [6.45, 7) is 3.14. The summed E-state index contributed by atoms with van der Waals surface area (Å²) in [7, 11) is 0. The van der Waals surface area contributed by atoms with Gasteiger partial charge in [0.05, 0.1) is 13.2 Å². The van der Waals surface area contributed by atoms with E-state index in [9.17, 15) is 4.79 Å². The van der Waals surface area contributed by atoms with Gasteiger partial charge in [0, 0.05) is 24.8 Å². The molecule has 1 aliphatic heterocycles. The second kappa shape index (κ2) is 4.85. The highest BCUT2D eigenvalue weighted by Gasteiger charge is 2.11. The Balaban J connectivity index is 2.11. The Morgan fingerprint density at radius 1 is 1.38 bits per heavy atom. The van der Waals surface area contributed by atoms with Crippen LogP contribution in [0.4, 0.5) is 10.5 Å². The zero-order chi connectivity index (χ0) is 11.4. The second-order valence-corrected chi connectivity index (χ2v) is 3.52. The number of anilines is 1. The molecule has 0 aliphatic carbocycles. The summed E-state index contributed by atoms with van der Waals surface area (Å²) >= 11 is 0. The average Bonchev–Trinajstić information content (AvgIpc) is 2.30. The minimum Gasteiger partial charge on any atom is -0.410 e. The third kappa shape index (κ3) is 2.64.